The molecule has 1 fully saturated rings. The zero-order valence-electron chi connectivity index (χ0n) is 14.7. The normalized spacial score (nSPS) is 21.7. The number of carbonyl (C=O) groups excluding carboxylic acids is 2. The van der Waals surface area contributed by atoms with E-state index in [4.69, 9.17) is 0 Å². The largest absolute Gasteiger partial charge is 0.330 e. The van der Waals surface area contributed by atoms with Crippen LogP contribution in [-0.2, 0) is 42.1 Å². The number of amides is 2. The molecule has 2 amide bonds. The van der Waals surface area contributed by atoms with Crippen molar-refractivity contribution in [3.8, 4) is 0 Å². The number of fused-ring (bicyclic) bond motifs is 2. The molecule has 26 heavy (non-hydrogen) atoms. The monoisotopic (exact) mass is 353 g/mol. The first-order valence-electron chi connectivity index (χ1n) is 8.54. The number of aromatic nitrogens is 2. The highest BCUT2D eigenvalue weighted by atomic mass is 16.2. The Bertz CT molecular complexity index is 1070. The molecule has 0 bridgehead atoms. The van der Waals surface area contributed by atoms with Crippen LogP contribution in [0.5, 0.6) is 0 Å². The van der Waals surface area contributed by atoms with Crippen LogP contribution in [0.4, 0.5) is 0 Å². The number of nitrogens with zero attached hydrogens (tertiary/aromatic N) is 3. The molecule has 7 heteroatoms. The van der Waals surface area contributed by atoms with Gasteiger partial charge in [0.2, 0.25) is 11.8 Å². The number of hydrogen-bond acceptors (Lipinski definition) is 4. The predicted molar refractivity (Wildman–Crippen MR) is 93.5 cm³/mol. The molecule has 1 unspecified atom stereocenters. The maximum absolute atomic E-state index is 13.2. The van der Waals surface area contributed by atoms with Crippen LogP contribution in [0.1, 0.15) is 29.7 Å². The zero-order valence-corrected chi connectivity index (χ0v) is 14.7. The molecule has 1 aromatic carbocycles. The van der Waals surface area contributed by atoms with Gasteiger partial charge >= 0.3 is 5.69 Å². The number of carbonyl (C=O) groups is 2. The minimum atomic E-state index is -0.799. The topological polar surface area (TPSA) is 81.4 Å². The number of imide groups is 1. The minimum absolute atomic E-state index is 0.0661. The van der Waals surface area contributed by atoms with Gasteiger partial charge in [-0.2, -0.15) is 0 Å². The summed E-state index contributed by atoms with van der Waals surface area (Å²) in [6.45, 7) is -0.0661. The van der Waals surface area contributed by atoms with E-state index in [0.717, 1.165) is 22.1 Å². The molecule has 2 aromatic rings. The summed E-state index contributed by atoms with van der Waals surface area (Å²) in [6, 6.07) is 9.04. The highest BCUT2D eigenvalue weighted by Crippen LogP contribution is 2.46. The van der Waals surface area contributed by atoms with Crippen molar-refractivity contribution in [1.82, 2.24) is 14.0 Å². The van der Waals surface area contributed by atoms with Crippen molar-refractivity contribution in [2.75, 3.05) is 0 Å². The van der Waals surface area contributed by atoms with Gasteiger partial charge in [-0.15, -0.1) is 0 Å². The molecule has 2 aliphatic rings. The molecule has 134 valence electrons. The summed E-state index contributed by atoms with van der Waals surface area (Å²) in [5.74, 6) is -0.500. The third-order valence-electron chi connectivity index (χ3n) is 5.71. The maximum atomic E-state index is 13.2. The summed E-state index contributed by atoms with van der Waals surface area (Å²) in [4.78, 5) is 51.0. The second-order valence-corrected chi connectivity index (χ2v) is 7.08. The van der Waals surface area contributed by atoms with Crippen LogP contribution in [0.15, 0.2) is 39.9 Å². The molecule has 1 aliphatic heterocycles. The molecule has 2 heterocycles. The van der Waals surface area contributed by atoms with Crippen LogP contribution < -0.4 is 11.2 Å². The first kappa shape index (κ1) is 16.5. The highest BCUT2D eigenvalue weighted by molar-refractivity contribution is 6.09. The van der Waals surface area contributed by atoms with Gasteiger partial charge in [-0.1, -0.05) is 24.3 Å². The van der Waals surface area contributed by atoms with Crippen molar-refractivity contribution in [1.29, 1.82) is 0 Å². The van der Waals surface area contributed by atoms with Gasteiger partial charge in [-0.3, -0.25) is 28.4 Å². The van der Waals surface area contributed by atoms with E-state index in [1.54, 1.807) is 0 Å². The molecule has 0 radical (unpaired) electrons. The third-order valence-corrected chi connectivity index (χ3v) is 5.71. The molecule has 1 aromatic heterocycles. The highest BCUT2D eigenvalue weighted by Gasteiger charge is 2.55. The summed E-state index contributed by atoms with van der Waals surface area (Å²) >= 11 is 0. The van der Waals surface area contributed by atoms with Crippen molar-refractivity contribution >= 4 is 11.8 Å². The van der Waals surface area contributed by atoms with Crippen LogP contribution in [-0.4, -0.2) is 25.8 Å². The van der Waals surface area contributed by atoms with Gasteiger partial charge in [0, 0.05) is 32.3 Å². The SMILES string of the molecule is Cn1c(CN2C(=O)CC3(CCc4ccccc43)C2=O)cc(=O)n(C)c1=O. The summed E-state index contributed by atoms with van der Waals surface area (Å²) in [5.41, 5.74) is 0.653. The van der Waals surface area contributed by atoms with E-state index in [-0.39, 0.29) is 24.8 Å². The fraction of sp³-hybridized carbons (Fsp3) is 0.368. The Labute approximate surface area is 149 Å². The third kappa shape index (κ3) is 2.13. The fourth-order valence-corrected chi connectivity index (χ4v) is 4.15. The molecule has 1 spiro atoms. The number of benzene rings is 1. The number of hydrogen-bond donors (Lipinski definition) is 0. The van der Waals surface area contributed by atoms with Crippen LogP contribution in [0.2, 0.25) is 0 Å². The molecule has 1 aliphatic carbocycles. The quantitative estimate of drug-likeness (QED) is 0.724. The smallest absolute Gasteiger partial charge is 0.299 e. The second kappa shape index (κ2) is 5.52. The maximum Gasteiger partial charge on any atom is 0.330 e. The molecule has 1 atom stereocenters. The Morgan fingerprint density at radius 3 is 2.54 bits per heavy atom. The van der Waals surface area contributed by atoms with Crippen LogP contribution in [0.25, 0.3) is 0 Å². The Morgan fingerprint density at radius 1 is 1.04 bits per heavy atom. The molecule has 4 rings (SSSR count). The van der Waals surface area contributed by atoms with Crippen LogP contribution >= 0.6 is 0 Å². The van der Waals surface area contributed by atoms with Gasteiger partial charge in [0.05, 0.1) is 12.0 Å². The lowest BCUT2D eigenvalue weighted by Crippen LogP contribution is -2.41. The summed E-state index contributed by atoms with van der Waals surface area (Å²) in [6.07, 6.45) is 1.53. The van der Waals surface area contributed by atoms with E-state index in [0.29, 0.717) is 12.1 Å². The minimum Gasteiger partial charge on any atom is -0.299 e. The lowest BCUT2D eigenvalue weighted by Gasteiger charge is -2.23. The lowest BCUT2D eigenvalue weighted by atomic mass is 9.80. The molecule has 7 nitrogen and oxygen atoms in total. The van der Waals surface area contributed by atoms with Crippen molar-refractivity contribution in [2.24, 2.45) is 14.1 Å². The van der Waals surface area contributed by atoms with Gasteiger partial charge in [-0.25, -0.2) is 4.79 Å². The number of likely N-dealkylation sites (tertiary alicyclic amines) is 1. The Morgan fingerprint density at radius 2 is 1.77 bits per heavy atom. The average Bonchev–Trinajstić information content (AvgIpc) is 3.11. The van der Waals surface area contributed by atoms with Gasteiger partial charge in [0.25, 0.3) is 5.56 Å². The molecule has 0 N–H and O–H groups in total. The van der Waals surface area contributed by atoms with Crippen molar-refractivity contribution in [2.45, 2.75) is 31.2 Å². The summed E-state index contributed by atoms with van der Waals surface area (Å²) < 4.78 is 2.29. The van der Waals surface area contributed by atoms with Crippen molar-refractivity contribution < 1.29 is 9.59 Å². The average molecular weight is 353 g/mol. The van der Waals surface area contributed by atoms with Gasteiger partial charge in [0.15, 0.2) is 0 Å². The molecule has 0 saturated carbocycles. The first-order valence-corrected chi connectivity index (χ1v) is 8.54. The van der Waals surface area contributed by atoms with Gasteiger partial charge in [-0.05, 0) is 24.0 Å². The summed E-state index contributed by atoms with van der Waals surface area (Å²) in [5, 5.41) is 0. The summed E-state index contributed by atoms with van der Waals surface area (Å²) in [7, 11) is 2.92. The fourth-order valence-electron chi connectivity index (χ4n) is 4.15. The van der Waals surface area contributed by atoms with E-state index in [9.17, 15) is 19.2 Å². The molecule has 1 saturated heterocycles. The second-order valence-electron chi connectivity index (χ2n) is 7.08. The van der Waals surface area contributed by atoms with Crippen LogP contribution in [0, 0.1) is 0 Å². The van der Waals surface area contributed by atoms with Gasteiger partial charge in [0.1, 0.15) is 0 Å². The van der Waals surface area contributed by atoms with E-state index < -0.39 is 16.7 Å². The Kier molecular flexibility index (Phi) is 3.50. The van der Waals surface area contributed by atoms with Gasteiger partial charge < -0.3 is 0 Å². The lowest BCUT2D eigenvalue weighted by molar-refractivity contribution is -0.140. The molecular formula is C19H19N3O4. The van der Waals surface area contributed by atoms with Crippen LogP contribution in [0.3, 0.4) is 0 Å². The van der Waals surface area contributed by atoms with E-state index in [1.165, 1.54) is 29.6 Å². The van der Waals surface area contributed by atoms with E-state index in [1.807, 2.05) is 24.3 Å². The standard InChI is InChI=1S/C19H19N3O4/c1-20-13(9-15(23)21(2)18(20)26)11-22-16(24)10-19(17(22)25)8-7-12-5-3-4-6-14(12)19/h3-6,9H,7-8,10-11H2,1-2H3. The Balaban J connectivity index is 1.73. The Hall–Kier alpha value is -2.96. The van der Waals surface area contributed by atoms with Crippen molar-refractivity contribution in [3.63, 3.8) is 0 Å². The van der Waals surface area contributed by atoms with Crippen molar-refractivity contribution in [3.05, 3.63) is 68.0 Å². The van der Waals surface area contributed by atoms with E-state index in [2.05, 4.69) is 0 Å². The molecular weight excluding hydrogens is 334 g/mol. The first-order chi connectivity index (χ1) is 12.3. The zero-order chi connectivity index (χ0) is 18.6. The van der Waals surface area contributed by atoms with E-state index >= 15 is 0 Å². The number of aryl methyl sites for hydroxylation is 1. The number of rotatable bonds is 2. The predicted octanol–water partition coefficient (Wildman–Crippen LogP) is 0.227.